The van der Waals surface area contributed by atoms with E-state index < -0.39 is 0 Å². The average Bonchev–Trinajstić information content (AvgIpc) is 2.92. The molecule has 2 aromatic heterocycles. The molecule has 0 radical (unpaired) electrons. The normalized spacial score (nSPS) is 12.5. The number of aromatic nitrogens is 2. The highest BCUT2D eigenvalue weighted by molar-refractivity contribution is 5.68. The minimum Gasteiger partial charge on any atom is -0.497 e. The Labute approximate surface area is 130 Å². The zero-order valence-electron chi connectivity index (χ0n) is 13.2. The van der Waals surface area contributed by atoms with Gasteiger partial charge in [0.15, 0.2) is 0 Å². The molecule has 2 N–H and O–H groups in total. The number of nitrogens with zero attached hydrogens (tertiary/aromatic N) is 2. The minimum absolute atomic E-state index is 0.231. The van der Waals surface area contributed by atoms with E-state index in [4.69, 9.17) is 15.5 Å². The summed E-state index contributed by atoms with van der Waals surface area (Å²) in [4.78, 5) is 4.83. The Morgan fingerprint density at radius 1 is 1.23 bits per heavy atom. The van der Waals surface area contributed by atoms with Gasteiger partial charge in [-0.1, -0.05) is 6.92 Å². The highest BCUT2D eigenvalue weighted by Crippen LogP contribution is 2.31. The number of pyridine rings is 1. The lowest BCUT2D eigenvalue weighted by Crippen LogP contribution is -2.12. The quantitative estimate of drug-likeness (QED) is 0.802. The fourth-order valence-electron chi connectivity index (χ4n) is 2.71. The Kier molecular flexibility index (Phi) is 3.86. The molecule has 0 saturated heterocycles. The molecule has 22 heavy (non-hydrogen) atoms. The molecule has 3 aromatic rings. The van der Waals surface area contributed by atoms with Gasteiger partial charge < -0.3 is 14.9 Å². The number of imidazole rings is 1. The maximum atomic E-state index is 5.92. The van der Waals surface area contributed by atoms with Crippen molar-refractivity contribution in [2.24, 2.45) is 5.73 Å². The molecule has 1 aromatic carbocycles. The van der Waals surface area contributed by atoms with Crippen molar-refractivity contribution in [2.45, 2.75) is 19.8 Å². The van der Waals surface area contributed by atoms with Gasteiger partial charge in [0.05, 0.1) is 18.5 Å². The van der Waals surface area contributed by atoms with Crippen molar-refractivity contribution < 1.29 is 4.74 Å². The fourth-order valence-corrected chi connectivity index (χ4v) is 2.71. The molecule has 0 aliphatic rings. The SMILES string of the molecule is COc1ccc(-c2nc3cc(C)ccn3c2C(C)CN)cc1. The maximum Gasteiger partial charge on any atom is 0.137 e. The standard InChI is InChI=1S/C18H21N3O/c1-12-8-9-21-16(10-12)20-17(18(21)13(2)11-19)14-4-6-15(22-3)7-5-14/h4-10,13H,11,19H2,1-3H3. The van der Waals surface area contributed by atoms with Crippen LogP contribution in [0, 0.1) is 6.92 Å². The number of ether oxygens (including phenoxy) is 1. The van der Waals surface area contributed by atoms with Crippen LogP contribution in [-0.4, -0.2) is 23.0 Å². The van der Waals surface area contributed by atoms with E-state index in [0.717, 1.165) is 28.3 Å². The number of methoxy groups -OCH3 is 1. The van der Waals surface area contributed by atoms with Crippen LogP contribution in [0.1, 0.15) is 24.1 Å². The highest BCUT2D eigenvalue weighted by Gasteiger charge is 2.18. The van der Waals surface area contributed by atoms with Crippen molar-refractivity contribution >= 4 is 5.65 Å². The van der Waals surface area contributed by atoms with Crippen LogP contribution < -0.4 is 10.5 Å². The van der Waals surface area contributed by atoms with Gasteiger partial charge >= 0.3 is 0 Å². The van der Waals surface area contributed by atoms with Crippen LogP contribution in [0.15, 0.2) is 42.6 Å². The summed E-state index contributed by atoms with van der Waals surface area (Å²) in [5.74, 6) is 1.08. The second kappa shape index (κ2) is 5.81. The van der Waals surface area contributed by atoms with E-state index in [1.165, 1.54) is 5.56 Å². The Bertz CT molecular complexity index is 790. The zero-order chi connectivity index (χ0) is 15.7. The lowest BCUT2D eigenvalue weighted by Gasteiger charge is -2.12. The third-order valence-corrected chi connectivity index (χ3v) is 4.00. The molecule has 4 nitrogen and oxygen atoms in total. The van der Waals surface area contributed by atoms with E-state index in [1.807, 2.05) is 24.3 Å². The highest BCUT2D eigenvalue weighted by atomic mass is 16.5. The van der Waals surface area contributed by atoms with Gasteiger partial charge in [-0.15, -0.1) is 0 Å². The molecule has 3 rings (SSSR count). The second-order valence-corrected chi connectivity index (χ2v) is 5.64. The zero-order valence-corrected chi connectivity index (χ0v) is 13.2. The molecule has 1 atom stereocenters. The predicted molar refractivity (Wildman–Crippen MR) is 89.4 cm³/mol. The molecule has 0 fully saturated rings. The van der Waals surface area contributed by atoms with Crippen LogP contribution in [0.3, 0.4) is 0 Å². The summed E-state index contributed by atoms with van der Waals surface area (Å²) in [5, 5.41) is 0. The first-order chi connectivity index (χ1) is 10.6. The Morgan fingerprint density at radius 2 is 1.95 bits per heavy atom. The van der Waals surface area contributed by atoms with Crippen molar-refractivity contribution in [3.05, 3.63) is 53.9 Å². The van der Waals surface area contributed by atoms with Crippen LogP contribution in [0.4, 0.5) is 0 Å². The molecule has 2 heterocycles. The summed E-state index contributed by atoms with van der Waals surface area (Å²) in [6, 6.07) is 12.2. The van der Waals surface area contributed by atoms with E-state index in [2.05, 4.69) is 36.6 Å². The van der Waals surface area contributed by atoms with Crippen molar-refractivity contribution in [1.29, 1.82) is 0 Å². The van der Waals surface area contributed by atoms with E-state index in [0.29, 0.717) is 6.54 Å². The van der Waals surface area contributed by atoms with Gasteiger partial charge in [-0.05, 0) is 48.9 Å². The van der Waals surface area contributed by atoms with Crippen LogP contribution in [-0.2, 0) is 0 Å². The van der Waals surface area contributed by atoms with Gasteiger partial charge in [0.2, 0.25) is 0 Å². The Balaban J connectivity index is 2.22. The van der Waals surface area contributed by atoms with Gasteiger partial charge in [-0.3, -0.25) is 0 Å². The predicted octanol–water partition coefficient (Wildman–Crippen LogP) is 3.38. The van der Waals surface area contributed by atoms with Crippen LogP contribution >= 0.6 is 0 Å². The Hall–Kier alpha value is -2.33. The molecule has 0 amide bonds. The average molecular weight is 295 g/mol. The number of aryl methyl sites for hydroxylation is 1. The van der Waals surface area contributed by atoms with Crippen molar-refractivity contribution in [3.8, 4) is 17.0 Å². The minimum atomic E-state index is 0.231. The first kappa shape index (κ1) is 14.6. The fraction of sp³-hybridized carbons (Fsp3) is 0.278. The topological polar surface area (TPSA) is 52.5 Å². The van der Waals surface area contributed by atoms with Crippen LogP contribution in [0.2, 0.25) is 0 Å². The van der Waals surface area contributed by atoms with Gasteiger partial charge in [0, 0.05) is 24.2 Å². The largest absolute Gasteiger partial charge is 0.497 e. The summed E-state index contributed by atoms with van der Waals surface area (Å²) in [7, 11) is 1.67. The first-order valence-electron chi connectivity index (χ1n) is 7.47. The first-order valence-corrected chi connectivity index (χ1v) is 7.47. The van der Waals surface area contributed by atoms with Gasteiger partial charge in [-0.25, -0.2) is 4.98 Å². The molecule has 1 unspecified atom stereocenters. The molecular weight excluding hydrogens is 274 g/mol. The summed E-state index contributed by atoms with van der Waals surface area (Å²) in [5.41, 5.74) is 11.3. The molecule has 114 valence electrons. The van der Waals surface area contributed by atoms with Crippen molar-refractivity contribution in [2.75, 3.05) is 13.7 Å². The molecule has 0 bridgehead atoms. The van der Waals surface area contributed by atoms with Crippen LogP contribution in [0.5, 0.6) is 5.75 Å². The molecule has 4 heteroatoms. The lowest BCUT2D eigenvalue weighted by atomic mass is 10.0. The van der Waals surface area contributed by atoms with E-state index in [9.17, 15) is 0 Å². The van der Waals surface area contributed by atoms with Gasteiger partial charge in [-0.2, -0.15) is 0 Å². The van der Waals surface area contributed by atoms with Crippen molar-refractivity contribution in [1.82, 2.24) is 9.38 Å². The second-order valence-electron chi connectivity index (χ2n) is 5.64. The third-order valence-electron chi connectivity index (χ3n) is 4.00. The summed E-state index contributed by atoms with van der Waals surface area (Å²) in [6.07, 6.45) is 2.08. The van der Waals surface area contributed by atoms with Crippen molar-refractivity contribution in [3.63, 3.8) is 0 Å². The lowest BCUT2D eigenvalue weighted by molar-refractivity contribution is 0.415. The number of rotatable bonds is 4. The van der Waals surface area contributed by atoms with E-state index in [1.54, 1.807) is 7.11 Å². The molecule has 0 saturated carbocycles. The summed E-state index contributed by atoms with van der Waals surface area (Å²) < 4.78 is 7.38. The molecule has 0 aliphatic carbocycles. The van der Waals surface area contributed by atoms with Gasteiger partial charge in [0.25, 0.3) is 0 Å². The number of hydrogen-bond donors (Lipinski definition) is 1. The maximum absolute atomic E-state index is 5.92. The van der Waals surface area contributed by atoms with E-state index in [-0.39, 0.29) is 5.92 Å². The number of hydrogen-bond acceptors (Lipinski definition) is 3. The van der Waals surface area contributed by atoms with E-state index >= 15 is 0 Å². The Morgan fingerprint density at radius 3 is 2.59 bits per heavy atom. The number of benzene rings is 1. The summed E-state index contributed by atoms with van der Waals surface area (Å²) in [6.45, 7) is 4.80. The number of fused-ring (bicyclic) bond motifs is 1. The monoisotopic (exact) mass is 295 g/mol. The van der Waals surface area contributed by atoms with Gasteiger partial charge in [0.1, 0.15) is 11.4 Å². The van der Waals surface area contributed by atoms with Crippen LogP contribution in [0.25, 0.3) is 16.9 Å². The third kappa shape index (κ3) is 2.46. The number of nitrogens with two attached hydrogens (primary N) is 1. The summed E-state index contributed by atoms with van der Waals surface area (Å²) >= 11 is 0. The smallest absolute Gasteiger partial charge is 0.137 e. The molecule has 0 aliphatic heterocycles. The molecule has 0 spiro atoms. The molecular formula is C18H21N3O.